The van der Waals surface area contributed by atoms with Crippen LogP contribution < -0.4 is 10.6 Å². The van der Waals surface area contributed by atoms with E-state index in [9.17, 15) is 10.2 Å². The molecule has 0 aromatic heterocycles. The van der Waals surface area contributed by atoms with Crippen molar-refractivity contribution in [2.24, 2.45) is 0 Å². The van der Waals surface area contributed by atoms with Crippen LogP contribution >= 0.6 is 45.2 Å². The smallest absolute Gasteiger partial charge is 0.164 e. The number of halogens is 2. The topological polar surface area (TPSA) is 101 Å². The predicted molar refractivity (Wildman–Crippen MR) is 146 cm³/mol. The van der Waals surface area contributed by atoms with Gasteiger partial charge in [0.05, 0.1) is 12.1 Å². The van der Waals surface area contributed by atoms with Crippen molar-refractivity contribution in [1.82, 2.24) is 10.6 Å². The molecule has 34 heavy (non-hydrogen) atoms. The van der Waals surface area contributed by atoms with Crippen LogP contribution in [-0.2, 0) is 18.9 Å². The first-order chi connectivity index (χ1) is 16.0. The molecule has 2 aliphatic carbocycles. The fraction of sp³-hybridized carbons (Fsp3) is 0.833. The molecule has 0 saturated carbocycles. The standard InChI is InChI=1S/C24H38I2N2O6/c1-23(2)31-19-13(25)11-15(17(29)21(19)33-23)27-9-7-5-6-8-10-28-16-12-14(26)20-22(18(16)30)34-24(3,4)32-20/h11-12,15-22,27-30H,5-10H2,1-4H3/t15-,16-,17+,18+,19+,20+,21-,22-/m0/s1. The van der Waals surface area contributed by atoms with Crippen molar-refractivity contribution in [1.29, 1.82) is 0 Å². The fourth-order valence-electron chi connectivity index (χ4n) is 5.14. The van der Waals surface area contributed by atoms with Gasteiger partial charge in [0.25, 0.3) is 0 Å². The molecule has 0 aromatic rings. The zero-order valence-electron chi connectivity index (χ0n) is 20.3. The molecular weight excluding hydrogens is 666 g/mol. The van der Waals surface area contributed by atoms with Gasteiger partial charge in [-0.2, -0.15) is 0 Å². The lowest BCUT2D eigenvalue weighted by atomic mass is 9.94. The summed E-state index contributed by atoms with van der Waals surface area (Å²) in [5, 5.41) is 28.4. The molecule has 2 heterocycles. The number of nitrogens with one attached hydrogen (secondary N) is 2. The molecule has 4 rings (SSSR count). The van der Waals surface area contributed by atoms with E-state index in [1.807, 2.05) is 27.7 Å². The Hall–Kier alpha value is 0.620. The molecule has 10 heteroatoms. The molecule has 0 unspecified atom stereocenters. The molecule has 8 nitrogen and oxygen atoms in total. The third-order valence-electron chi connectivity index (χ3n) is 6.75. The monoisotopic (exact) mass is 704 g/mol. The Labute approximate surface area is 229 Å². The van der Waals surface area contributed by atoms with Gasteiger partial charge in [0.15, 0.2) is 11.6 Å². The highest BCUT2D eigenvalue weighted by Gasteiger charge is 2.51. The maximum atomic E-state index is 10.7. The lowest BCUT2D eigenvalue weighted by Crippen LogP contribution is -2.52. The van der Waals surface area contributed by atoms with Gasteiger partial charge in [-0.1, -0.05) is 25.0 Å². The lowest BCUT2D eigenvalue weighted by molar-refractivity contribution is -0.154. The van der Waals surface area contributed by atoms with Crippen LogP contribution in [0.15, 0.2) is 19.3 Å². The maximum absolute atomic E-state index is 10.7. The maximum Gasteiger partial charge on any atom is 0.164 e. The van der Waals surface area contributed by atoms with Gasteiger partial charge in [-0.3, -0.25) is 0 Å². The summed E-state index contributed by atoms with van der Waals surface area (Å²) in [7, 11) is 0. The number of hydrogen-bond donors (Lipinski definition) is 4. The van der Waals surface area contributed by atoms with Crippen LogP contribution in [0, 0.1) is 0 Å². The average Bonchev–Trinajstić information content (AvgIpc) is 3.27. The van der Waals surface area contributed by atoms with E-state index in [-0.39, 0.29) is 36.5 Å². The first kappa shape index (κ1) is 27.6. The number of fused-ring (bicyclic) bond motifs is 2. The van der Waals surface area contributed by atoms with Crippen LogP contribution in [0.3, 0.4) is 0 Å². The van der Waals surface area contributed by atoms with Gasteiger partial charge < -0.3 is 39.8 Å². The second-order valence-corrected chi connectivity index (χ2v) is 13.0. The number of rotatable bonds is 9. The number of aliphatic hydroxyl groups excluding tert-OH is 2. The van der Waals surface area contributed by atoms with E-state index in [4.69, 9.17) is 18.9 Å². The molecule has 2 fully saturated rings. The van der Waals surface area contributed by atoms with Crippen LogP contribution in [0.5, 0.6) is 0 Å². The molecular formula is C24H38I2N2O6. The molecule has 194 valence electrons. The molecule has 0 spiro atoms. The third-order valence-corrected chi connectivity index (χ3v) is 8.70. The molecule has 0 amide bonds. The Bertz CT molecular complexity index is 727. The van der Waals surface area contributed by atoms with E-state index < -0.39 is 23.8 Å². The van der Waals surface area contributed by atoms with Gasteiger partial charge in [0.1, 0.15) is 36.6 Å². The molecule has 4 aliphatic rings. The second-order valence-electron chi connectivity index (χ2n) is 10.5. The van der Waals surface area contributed by atoms with E-state index in [1.54, 1.807) is 0 Å². The first-order valence-corrected chi connectivity index (χ1v) is 14.4. The van der Waals surface area contributed by atoms with Gasteiger partial charge in [-0.05, 0) is 98.8 Å². The fourth-order valence-corrected chi connectivity index (χ4v) is 6.88. The summed E-state index contributed by atoms with van der Waals surface area (Å²) in [4.78, 5) is 0. The molecule has 2 aliphatic heterocycles. The molecule has 4 N–H and O–H groups in total. The van der Waals surface area contributed by atoms with Crippen molar-refractivity contribution in [2.45, 2.75) is 114 Å². The SMILES string of the molecule is CC1(C)O[C@H]2[C@H](O)[C@@H](NCCCCCCN[C@H]3C=C(I)[C@H]4OC(C)(C)O[C@H]4[C@@H]3O)C=C(I)[C@H]2O1. The van der Waals surface area contributed by atoms with Gasteiger partial charge in [-0.25, -0.2) is 0 Å². The van der Waals surface area contributed by atoms with Gasteiger partial charge in [0, 0.05) is 7.16 Å². The first-order valence-electron chi connectivity index (χ1n) is 12.3. The quantitative estimate of drug-likeness (QED) is 0.215. The average molecular weight is 704 g/mol. The number of hydrogen-bond acceptors (Lipinski definition) is 8. The summed E-state index contributed by atoms with van der Waals surface area (Å²) in [6.45, 7) is 9.24. The van der Waals surface area contributed by atoms with E-state index in [1.165, 1.54) is 0 Å². The normalized spacial score (nSPS) is 40.5. The summed E-state index contributed by atoms with van der Waals surface area (Å²) in [6.07, 6.45) is 6.17. The van der Waals surface area contributed by atoms with Crippen LogP contribution in [0.1, 0.15) is 53.4 Å². The highest BCUT2D eigenvalue weighted by Crippen LogP contribution is 2.40. The van der Waals surface area contributed by atoms with Gasteiger partial charge in [0.2, 0.25) is 0 Å². The van der Waals surface area contributed by atoms with Crippen molar-refractivity contribution in [2.75, 3.05) is 13.1 Å². The highest BCUT2D eigenvalue weighted by atomic mass is 127. The highest BCUT2D eigenvalue weighted by molar-refractivity contribution is 14.1. The summed E-state index contributed by atoms with van der Waals surface area (Å²) >= 11 is 4.58. The van der Waals surface area contributed by atoms with Crippen LogP contribution in [0.25, 0.3) is 0 Å². The van der Waals surface area contributed by atoms with Crippen molar-refractivity contribution in [3.63, 3.8) is 0 Å². The van der Waals surface area contributed by atoms with Crippen LogP contribution in [-0.4, -0.2) is 83.6 Å². The minimum absolute atomic E-state index is 0.120. The summed E-state index contributed by atoms with van der Waals surface area (Å²) in [5.41, 5.74) is 0. The zero-order valence-corrected chi connectivity index (χ0v) is 24.6. The van der Waals surface area contributed by atoms with Crippen molar-refractivity contribution in [3.8, 4) is 0 Å². The summed E-state index contributed by atoms with van der Waals surface area (Å²) in [5.74, 6) is -1.33. The van der Waals surface area contributed by atoms with E-state index in [0.29, 0.717) is 0 Å². The van der Waals surface area contributed by atoms with Crippen molar-refractivity contribution in [3.05, 3.63) is 19.3 Å². The predicted octanol–water partition coefficient (Wildman–Crippen LogP) is 2.89. The Morgan fingerprint density at radius 1 is 0.706 bits per heavy atom. The Morgan fingerprint density at radius 3 is 1.47 bits per heavy atom. The van der Waals surface area contributed by atoms with Crippen molar-refractivity contribution >= 4 is 45.2 Å². The third kappa shape index (κ3) is 6.36. The minimum atomic E-state index is -0.665. The molecule has 0 aromatic carbocycles. The van der Waals surface area contributed by atoms with Crippen LogP contribution in [0.2, 0.25) is 0 Å². The summed E-state index contributed by atoms with van der Waals surface area (Å²) < 4.78 is 25.9. The lowest BCUT2D eigenvalue weighted by Gasteiger charge is -2.33. The minimum Gasteiger partial charge on any atom is -0.388 e. The Balaban J connectivity index is 1.11. The summed E-state index contributed by atoms with van der Waals surface area (Å²) in [6, 6.07) is -0.241. The number of unbranched alkanes of at least 4 members (excludes halogenated alkanes) is 3. The van der Waals surface area contributed by atoms with E-state index >= 15 is 0 Å². The van der Waals surface area contributed by atoms with Gasteiger partial charge >= 0.3 is 0 Å². The number of ether oxygens (including phenoxy) is 4. The Kier molecular flexibility index (Phi) is 9.07. The molecule has 0 radical (unpaired) electrons. The molecule has 0 bridgehead atoms. The largest absolute Gasteiger partial charge is 0.388 e. The zero-order chi connectivity index (χ0) is 24.7. The van der Waals surface area contributed by atoms with Crippen LogP contribution in [0.4, 0.5) is 0 Å². The molecule has 2 saturated heterocycles. The Morgan fingerprint density at radius 2 is 1.09 bits per heavy atom. The van der Waals surface area contributed by atoms with Gasteiger partial charge in [-0.15, -0.1) is 0 Å². The molecule has 8 atom stereocenters. The van der Waals surface area contributed by atoms with E-state index in [2.05, 4.69) is 68.0 Å². The van der Waals surface area contributed by atoms with Crippen molar-refractivity contribution < 1.29 is 29.2 Å². The number of aliphatic hydroxyl groups is 2. The second kappa shape index (κ2) is 11.2. The van der Waals surface area contributed by atoms with E-state index in [0.717, 1.165) is 45.9 Å².